The predicted molar refractivity (Wildman–Crippen MR) is 85.9 cm³/mol. The molecule has 124 valence electrons. The molecular formula is C13H16N4O4S2. The van der Waals surface area contributed by atoms with E-state index < -0.39 is 10.0 Å². The number of amides is 1. The highest BCUT2D eigenvalue weighted by Gasteiger charge is 2.26. The van der Waals surface area contributed by atoms with Crippen LogP contribution in [0.1, 0.15) is 12.5 Å². The zero-order valence-corrected chi connectivity index (χ0v) is 14.4. The molecule has 1 aromatic carbocycles. The van der Waals surface area contributed by atoms with Crippen LogP contribution in [0.5, 0.6) is 5.75 Å². The molecule has 0 aliphatic heterocycles. The van der Waals surface area contributed by atoms with Crippen LogP contribution in [0.15, 0.2) is 28.6 Å². The van der Waals surface area contributed by atoms with Crippen molar-refractivity contribution in [3.05, 3.63) is 29.8 Å². The van der Waals surface area contributed by atoms with E-state index in [1.807, 2.05) is 0 Å². The van der Waals surface area contributed by atoms with Crippen LogP contribution in [0, 0.1) is 0 Å². The summed E-state index contributed by atoms with van der Waals surface area (Å²) in [5.41, 5.74) is 0.729. The second-order valence-electron chi connectivity index (χ2n) is 4.63. The maximum Gasteiger partial charge on any atom is 0.272 e. The fourth-order valence-electron chi connectivity index (χ4n) is 1.81. The molecule has 1 amide bonds. The molecule has 1 N–H and O–H groups in total. The topological polar surface area (TPSA) is 101 Å². The Morgan fingerprint density at radius 2 is 2.04 bits per heavy atom. The van der Waals surface area contributed by atoms with Gasteiger partial charge in [0.05, 0.1) is 7.11 Å². The molecule has 0 spiro atoms. The summed E-state index contributed by atoms with van der Waals surface area (Å²) in [7, 11) is -0.834. The standard InChI is InChI=1S/C13H16N4O4S2/c1-9(18)14-12-15-16-13(22-12)23(19,20)17(2)8-10-6-4-5-7-11(10)21-3/h4-7H,8H2,1-3H3,(H,14,15,18). The third-order valence-electron chi connectivity index (χ3n) is 2.91. The molecular weight excluding hydrogens is 340 g/mol. The van der Waals surface area contributed by atoms with Gasteiger partial charge in [-0.15, -0.1) is 10.2 Å². The van der Waals surface area contributed by atoms with E-state index in [0.29, 0.717) is 5.75 Å². The number of anilines is 1. The third kappa shape index (κ3) is 4.03. The highest BCUT2D eigenvalue weighted by Crippen LogP contribution is 2.25. The van der Waals surface area contributed by atoms with Gasteiger partial charge in [-0.1, -0.05) is 29.5 Å². The molecule has 0 saturated heterocycles. The van der Waals surface area contributed by atoms with Crippen LogP contribution in [-0.4, -0.2) is 43.0 Å². The number of benzene rings is 1. The maximum absolute atomic E-state index is 12.5. The minimum atomic E-state index is -3.81. The number of methoxy groups -OCH3 is 1. The highest BCUT2D eigenvalue weighted by molar-refractivity contribution is 7.91. The van der Waals surface area contributed by atoms with Crippen LogP contribution < -0.4 is 10.1 Å². The second-order valence-corrected chi connectivity index (χ2v) is 7.82. The average molecular weight is 356 g/mol. The largest absolute Gasteiger partial charge is 0.496 e. The molecule has 0 radical (unpaired) electrons. The van der Waals surface area contributed by atoms with Crippen molar-refractivity contribution in [2.75, 3.05) is 19.5 Å². The van der Waals surface area contributed by atoms with Gasteiger partial charge in [0.25, 0.3) is 10.0 Å². The number of para-hydroxylation sites is 1. The molecule has 23 heavy (non-hydrogen) atoms. The van der Waals surface area contributed by atoms with Gasteiger partial charge in [0, 0.05) is 26.1 Å². The Hall–Kier alpha value is -2.04. The van der Waals surface area contributed by atoms with E-state index >= 15 is 0 Å². The lowest BCUT2D eigenvalue weighted by atomic mass is 10.2. The summed E-state index contributed by atoms with van der Waals surface area (Å²) in [5.74, 6) is 0.262. The number of hydrogen-bond acceptors (Lipinski definition) is 7. The molecule has 8 nitrogen and oxygen atoms in total. The van der Waals surface area contributed by atoms with Gasteiger partial charge in [-0.05, 0) is 6.07 Å². The first-order chi connectivity index (χ1) is 10.8. The Morgan fingerprint density at radius 3 is 2.70 bits per heavy atom. The Morgan fingerprint density at radius 1 is 1.35 bits per heavy atom. The molecule has 0 atom stereocenters. The summed E-state index contributed by atoms with van der Waals surface area (Å²) in [6.07, 6.45) is 0. The number of rotatable bonds is 6. The monoisotopic (exact) mass is 356 g/mol. The second kappa shape index (κ2) is 7.02. The summed E-state index contributed by atoms with van der Waals surface area (Å²) in [6.45, 7) is 1.44. The molecule has 0 bridgehead atoms. The Balaban J connectivity index is 2.21. The Kier molecular flexibility index (Phi) is 5.29. The zero-order valence-electron chi connectivity index (χ0n) is 12.8. The molecule has 0 saturated carbocycles. The molecule has 10 heteroatoms. The minimum absolute atomic E-state index is 0.126. The predicted octanol–water partition coefficient (Wildman–Crippen LogP) is 1.33. The molecule has 1 heterocycles. The molecule has 2 aromatic rings. The van der Waals surface area contributed by atoms with Gasteiger partial charge in [-0.3, -0.25) is 4.79 Å². The lowest BCUT2D eigenvalue weighted by Crippen LogP contribution is -2.26. The maximum atomic E-state index is 12.5. The number of ether oxygens (including phenoxy) is 1. The lowest BCUT2D eigenvalue weighted by Gasteiger charge is -2.16. The van der Waals surface area contributed by atoms with Crippen LogP contribution in [0.25, 0.3) is 0 Å². The molecule has 0 aliphatic carbocycles. The molecule has 2 rings (SSSR count). The number of sulfonamides is 1. The smallest absolute Gasteiger partial charge is 0.272 e. The summed E-state index contributed by atoms with van der Waals surface area (Å²) < 4.78 is 31.2. The zero-order chi connectivity index (χ0) is 17.0. The third-order valence-corrected chi connectivity index (χ3v) is 5.89. The number of hydrogen-bond donors (Lipinski definition) is 1. The number of nitrogens with one attached hydrogen (secondary N) is 1. The van der Waals surface area contributed by atoms with E-state index in [4.69, 9.17) is 4.74 Å². The van der Waals surface area contributed by atoms with Crippen molar-refractivity contribution < 1.29 is 17.9 Å². The van der Waals surface area contributed by atoms with Crippen molar-refractivity contribution >= 4 is 32.4 Å². The minimum Gasteiger partial charge on any atom is -0.496 e. The van der Waals surface area contributed by atoms with Crippen LogP contribution in [-0.2, 0) is 21.4 Å². The lowest BCUT2D eigenvalue weighted by molar-refractivity contribution is -0.114. The number of carbonyl (C=O) groups excluding carboxylic acids is 1. The summed E-state index contributed by atoms with van der Waals surface area (Å²) in [5, 5.41) is 9.84. The number of carbonyl (C=O) groups is 1. The van der Waals surface area contributed by atoms with Gasteiger partial charge < -0.3 is 10.1 Å². The van der Waals surface area contributed by atoms with Crippen LogP contribution in [0.4, 0.5) is 5.13 Å². The van der Waals surface area contributed by atoms with E-state index in [1.165, 1.54) is 21.1 Å². The van der Waals surface area contributed by atoms with Crippen molar-refractivity contribution in [1.29, 1.82) is 0 Å². The Bertz CT molecular complexity index is 804. The summed E-state index contributed by atoms with van der Waals surface area (Å²) in [6, 6.07) is 7.16. The highest BCUT2D eigenvalue weighted by atomic mass is 32.2. The van der Waals surface area contributed by atoms with E-state index in [9.17, 15) is 13.2 Å². The molecule has 0 aliphatic rings. The van der Waals surface area contributed by atoms with Crippen molar-refractivity contribution in [3.63, 3.8) is 0 Å². The van der Waals surface area contributed by atoms with E-state index in [0.717, 1.165) is 21.2 Å². The van der Waals surface area contributed by atoms with Gasteiger partial charge in [0.2, 0.25) is 15.4 Å². The summed E-state index contributed by atoms with van der Waals surface area (Å²) >= 11 is 0.802. The quantitative estimate of drug-likeness (QED) is 0.784. The van der Waals surface area contributed by atoms with Gasteiger partial charge in [0.15, 0.2) is 0 Å². The first-order valence-electron chi connectivity index (χ1n) is 6.54. The van der Waals surface area contributed by atoms with Gasteiger partial charge in [-0.2, -0.15) is 4.31 Å². The van der Waals surface area contributed by atoms with Crippen LogP contribution in [0.2, 0.25) is 0 Å². The van der Waals surface area contributed by atoms with Crippen LogP contribution in [0.3, 0.4) is 0 Å². The first kappa shape index (κ1) is 17.3. The average Bonchev–Trinajstić information content (AvgIpc) is 2.96. The van der Waals surface area contributed by atoms with Crippen molar-refractivity contribution in [2.45, 2.75) is 17.8 Å². The SMILES string of the molecule is COc1ccccc1CN(C)S(=O)(=O)c1nnc(NC(C)=O)s1. The molecule has 1 aromatic heterocycles. The summed E-state index contributed by atoms with van der Waals surface area (Å²) in [4.78, 5) is 11.0. The van der Waals surface area contributed by atoms with Crippen molar-refractivity contribution in [1.82, 2.24) is 14.5 Å². The fourth-order valence-corrected chi connectivity index (χ4v) is 4.09. The fraction of sp³-hybridized carbons (Fsp3) is 0.308. The van der Waals surface area contributed by atoms with Gasteiger partial charge >= 0.3 is 0 Å². The van der Waals surface area contributed by atoms with Crippen molar-refractivity contribution in [3.8, 4) is 5.75 Å². The van der Waals surface area contributed by atoms with Gasteiger partial charge in [-0.25, -0.2) is 8.42 Å². The van der Waals surface area contributed by atoms with E-state index in [1.54, 1.807) is 24.3 Å². The van der Waals surface area contributed by atoms with Crippen molar-refractivity contribution in [2.24, 2.45) is 0 Å². The Labute approximate surface area is 138 Å². The van der Waals surface area contributed by atoms with E-state index in [-0.39, 0.29) is 21.9 Å². The van der Waals surface area contributed by atoms with Crippen LogP contribution >= 0.6 is 11.3 Å². The molecule has 0 unspecified atom stereocenters. The molecule has 0 fully saturated rings. The van der Waals surface area contributed by atoms with E-state index in [2.05, 4.69) is 15.5 Å². The first-order valence-corrected chi connectivity index (χ1v) is 8.79. The van der Waals surface area contributed by atoms with Gasteiger partial charge in [0.1, 0.15) is 5.75 Å². The normalized spacial score (nSPS) is 11.5. The number of nitrogens with zero attached hydrogens (tertiary/aromatic N) is 3. The number of aromatic nitrogens is 2.